The van der Waals surface area contributed by atoms with Gasteiger partial charge in [0.05, 0.1) is 5.33 Å². The van der Waals surface area contributed by atoms with E-state index in [9.17, 15) is 0 Å². The molecule has 88 valence electrons. The van der Waals surface area contributed by atoms with Crippen LogP contribution in [0.2, 0.25) is 0 Å². The lowest BCUT2D eigenvalue weighted by Gasteiger charge is -2.08. The molecule has 4 heteroatoms. The summed E-state index contributed by atoms with van der Waals surface area (Å²) in [4.78, 5) is 0. The van der Waals surface area contributed by atoms with Crippen molar-refractivity contribution < 1.29 is 0 Å². The average molecular weight is 292 g/mol. The first-order valence-corrected chi connectivity index (χ1v) is 6.99. The second-order valence-electron chi connectivity index (χ2n) is 4.60. The van der Waals surface area contributed by atoms with E-state index < -0.39 is 0 Å². The molecule has 1 aromatic carbocycles. The summed E-state index contributed by atoms with van der Waals surface area (Å²) in [6.07, 6.45) is 1.23. The molecule has 0 amide bonds. The molecule has 2 unspecified atom stereocenters. The minimum Gasteiger partial charge on any atom is -0.282 e. The van der Waals surface area contributed by atoms with Gasteiger partial charge in [-0.05, 0) is 24.5 Å². The number of para-hydroxylation sites is 1. The minimum atomic E-state index is 0.579. The van der Waals surface area contributed by atoms with Crippen molar-refractivity contribution in [3.05, 3.63) is 42.0 Å². The van der Waals surface area contributed by atoms with Crippen molar-refractivity contribution in [2.45, 2.75) is 24.6 Å². The van der Waals surface area contributed by atoms with Gasteiger partial charge in [-0.1, -0.05) is 41.1 Å². The third-order valence-corrected chi connectivity index (χ3v) is 3.83. The van der Waals surface area contributed by atoms with Crippen LogP contribution >= 0.6 is 15.9 Å². The minimum absolute atomic E-state index is 0.579. The number of rotatable bonds is 3. The Morgan fingerprint density at radius 2 is 2.00 bits per heavy atom. The zero-order valence-corrected chi connectivity index (χ0v) is 11.3. The Kier molecular flexibility index (Phi) is 2.74. The summed E-state index contributed by atoms with van der Waals surface area (Å²) >= 11 is 3.48. The molecule has 3 nitrogen and oxygen atoms in total. The summed E-state index contributed by atoms with van der Waals surface area (Å²) in [6, 6.07) is 10.3. The molecule has 1 aromatic heterocycles. The highest BCUT2D eigenvalue weighted by atomic mass is 79.9. The molecule has 0 bridgehead atoms. The molecule has 1 aliphatic rings. The Bertz CT molecular complexity index is 521. The number of aromatic nitrogens is 3. The maximum absolute atomic E-state index is 4.36. The largest absolute Gasteiger partial charge is 0.282 e. The molecule has 0 spiro atoms. The molecular formula is C13H14BrN3. The van der Waals surface area contributed by atoms with E-state index in [4.69, 9.17) is 0 Å². The van der Waals surface area contributed by atoms with Crippen LogP contribution in [-0.2, 0) is 5.33 Å². The zero-order valence-electron chi connectivity index (χ0n) is 9.68. The number of alkyl halides is 1. The van der Waals surface area contributed by atoms with Crippen LogP contribution in [0.25, 0.3) is 5.69 Å². The second-order valence-corrected chi connectivity index (χ2v) is 5.16. The highest BCUT2D eigenvalue weighted by Crippen LogP contribution is 2.46. The molecular weight excluding hydrogens is 278 g/mol. The van der Waals surface area contributed by atoms with Crippen LogP contribution in [0.15, 0.2) is 30.3 Å². The highest BCUT2D eigenvalue weighted by Gasteiger charge is 2.38. The Labute approximate surface area is 109 Å². The molecule has 17 heavy (non-hydrogen) atoms. The van der Waals surface area contributed by atoms with Crippen molar-refractivity contribution in [2.24, 2.45) is 5.92 Å². The summed E-state index contributed by atoms with van der Waals surface area (Å²) in [5.74, 6) is 3.41. The molecule has 1 fully saturated rings. The summed E-state index contributed by atoms with van der Waals surface area (Å²) < 4.78 is 2.18. The van der Waals surface area contributed by atoms with E-state index in [1.165, 1.54) is 6.42 Å². The fraction of sp³-hybridized carbons (Fsp3) is 0.385. The lowest BCUT2D eigenvalue weighted by Crippen LogP contribution is -2.03. The van der Waals surface area contributed by atoms with Crippen molar-refractivity contribution in [1.29, 1.82) is 0 Å². The quantitative estimate of drug-likeness (QED) is 0.813. The molecule has 0 aliphatic heterocycles. The highest BCUT2D eigenvalue weighted by molar-refractivity contribution is 9.08. The van der Waals surface area contributed by atoms with Crippen LogP contribution in [-0.4, -0.2) is 14.8 Å². The standard InChI is InChI=1S/C13H14BrN3/c1-9-7-11(9)13-16-15-12(8-14)17(13)10-5-3-2-4-6-10/h2-6,9,11H,7-8H2,1H3. The second kappa shape index (κ2) is 4.26. The van der Waals surface area contributed by atoms with Crippen LogP contribution in [0.3, 0.4) is 0 Å². The third-order valence-electron chi connectivity index (χ3n) is 3.33. The van der Waals surface area contributed by atoms with Crippen LogP contribution in [0, 0.1) is 5.92 Å². The number of halogens is 1. The first kappa shape index (κ1) is 11.0. The van der Waals surface area contributed by atoms with E-state index in [0.29, 0.717) is 5.92 Å². The van der Waals surface area contributed by atoms with Crippen LogP contribution in [0.5, 0.6) is 0 Å². The van der Waals surface area contributed by atoms with Crippen LogP contribution in [0.4, 0.5) is 0 Å². The van der Waals surface area contributed by atoms with Crippen molar-refractivity contribution in [1.82, 2.24) is 14.8 Å². The fourth-order valence-corrected chi connectivity index (χ4v) is 2.56. The zero-order chi connectivity index (χ0) is 11.8. The average Bonchev–Trinajstić information content (AvgIpc) is 2.94. The summed E-state index contributed by atoms with van der Waals surface area (Å²) in [5, 5.41) is 9.36. The fourth-order valence-electron chi connectivity index (χ4n) is 2.20. The van der Waals surface area contributed by atoms with Gasteiger partial charge in [-0.15, -0.1) is 10.2 Å². The van der Waals surface area contributed by atoms with Gasteiger partial charge in [0.2, 0.25) is 0 Å². The van der Waals surface area contributed by atoms with Crippen molar-refractivity contribution in [2.75, 3.05) is 0 Å². The number of hydrogen-bond donors (Lipinski definition) is 0. The van der Waals surface area contributed by atoms with E-state index in [-0.39, 0.29) is 0 Å². The summed E-state index contributed by atoms with van der Waals surface area (Å²) in [7, 11) is 0. The monoisotopic (exact) mass is 291 g/mol. The van der Waals surface area contributed by atoms with Crippen molar-refractivity contribution in [3.63, 3.8) is 0 Å². The first-order chi connectivity index (χ1) is 8.31. The molecule has 0 radical (unpaired) electrons. The van der Waals surface area contributed by atoms with Gasteiger partial charge >= 0.3 is 0 Å². The topological polar surface area (TPSA) is 30.7 Å². The number of benzene rings is 1. The maximum atomic E-state index is 4.36. The van der Waals surface area contributed by atoms with Crippen molar-refractivity contribution in [3.8, 4) is 5.69 Å². The van der Waals surface area contributed by atoms with Gasteiger partial charge in [0.25, 0.3) is 0 Å². The molecule has 2 atom stereocenters. The van der Waals surface area contributed by atoms with Gasteiger partial charge in [-0.3, -0.25) is 4.57 Å². The van der Waals surface area contributed by atoms with Gasteiger partial charge in [-0.2, -0.15) is 0 Å². The van der Waals surface area contributed by atoms with Gasteiger partial charge in [0.1, 0.15) is 11.6 Å². The van der Waals surface area contributed by atoms with Crippen molar-refractivity contribution >= 4 is 15.9 Å². The van der Waals surface area contributed by atoms with E-state index in [1.54, 1.807) is 0 Å². The SMILES string of the molecule is CC1CC1c1nnc(CBr)n1-c1ccccc1. The summed E-state index contributed by atoms with van der Waals surface area (Å²) in [5.41, 5.74) is 1.15. The van der Waals surface area contributed by atoms with E-state index in [0.717, 1.165) is 28.6 Å². The predicted octanol–water partition coefficient (Wildman–Crippen LogP) is 3.29. The number of hydrogen-bond acceptors (Lipinski definition) is 2. The Hall–Kier alpha value is -1.16. The van der Waals surface area contributed by atoms with Gasteiger partial charge in [0, 0.05) is 11.6 Å². The Balaban J connectivity index is 2.10. The number of nitrogens with zero attached hydrogens (tertiary/aromatic N) is 3. The molecule has 0 saturated heterocycles. The normalized spacial score (nSPS) is 22.7. The molecule has 0 N–H and O–H groups in total. The third kappa shape index (κ3) is 1.90. The first-order valence-electron chi connectivity index (χ1n) is 5.87. The molecule has 1 saturated carbocycles. The van der Waals surface area contributed by atoms with Crippen LogP contribution < -0.4 is 0 Å². The van der Waals surface area contributed by atoms with Gasteiger partial charge in [0.15, 0.2) is 0 Å². The Morgan fingerprint density at radius 3 is 2.59 bits per heavy atom. The van der Waals surface area contributed by atoms with Gasteiger partial charge in [-0.25, -0.2) is 0 Å². The smallest absolute Gasteiger partial charge is 0.148 e. The maximum Gasteiger partial charge on any atom is 0.148 e. The molecule has 2 aromatic rings. The lowest BCUT2D eigenvalue weighted by atomic mass is 10.2. The van der Waals surface area contributed by atoms with Crippen LogP contribution in [0.1, 0.15) is 30.9 Å². The van der Waals surface area contributed by atoms with E-state index in [1.807, 2.05) is 18.2 Å². The van der Waals surface area contributed by atoms with Gasteiger partial charge < -0.3 is 0 Å². The molecule has 1 heterocycles. The summed E-state index contributed by atoms with van der Waals surface area (Å²) in [6.45, 7) is 2.27. The lowest BCUT2D eigenvalue weighted by molar-refractivity contribution is 0.805. The Morgan fingerprint density at radius 1 is 1.29 bits per heavy atom. The van der Waals surface area contributed by atoms with E-state index in [2.05, 4.69) is 49.8 Å². The molecule has 1 aliphatic carbocycles. The predicted molar refractivity (Wildman–Crippen MR) is 70.5 cm³/mol. The molecule has 3 rings (SSSR count). The van der Waals surface area contributed by atoms with E-state index >= 15 is 0 Å².